The summed E-state index contributed by atoms with van der Waals surface area (Å²) in [4.78, 5) is 3.85. The summed E-state index contributed by atoms with van der Waals surface area (Å²) in [7, 11) is 0. The van der Waals surface area contributed by atoms with Crippen molar-refractivity contribution >= 4 is 23.2 Å². The van der Waals surface area contributed by atoms with Crippen molar-refractivity contribution in [3.63, 3.8) is 0 Å². The van der Waals surface area contributed by atoms with Crippen LogP contribution in [0.15, 0.2) is 0 Å². The van der Waals surface area contributed by atoms with Crippen LogP contribution in [0.25, 0.3) is 0 Å². The van der Waals surface area contributed by atoms with Crippen LogP contribution in [0.3, 0.4) is 0 Å². The highest BCUT2D eigenvalue weighted by atomic mass is 35.5. The molecular formula is C6H6Cl2N2O. The zero-order chi connectivity index (χ0) is 8.59. The lowest BCUT2D eigenvalue weighted by Gasteiger charge is -2.04. The molecule has 11 heavy (non-hydrogen) atoms. The number of hydrogen-bond acceptors (Lipinski definition) is 2. The predicted molar refractivity (Wildman–Crippen MR) is 42.7 cm³/mol. The van der Waals surface area contributed by atoms with E-state index in [1.807, 2.05) is 0 Å². The van der Waals surface area contributed by atoms with Crippen molar-refractivity contribution in [1.82, 2.24) is 4.98 Å². The van der Waals surface area contributed by atoms with Gasteiger partial charge in [-0.3, -0.25) is 0 Å². The highest BCUT2D eigenvalue weighted by molar-refractivity contribution is 6.31. The number of rotatable bonds is 0. The molecule has 1 rings (SSSR count). The minimum atomic E-state index is 0.0758. The number of halogens is 2. The van der Waals surface area contributed by atoms with E-state index in [-0.39, 0.29) is 10.3 Å². The van der Waals surface area contributed by atoms with Crippen LogP contribution in [0.4, 0.5) is 0 Å². The largest absolute Gasteiger partial charge is 0.617 e. The van der Waals surface area contributed by atoms with Gasteiger partial charge in [0.15, 0.2) is 5.15 Å². The molecule has 0 fully saturated rings. The summed E-state index contributed by atoms with van der Waals surface area (Å²) in [5, 5.41) is 11.3. The summed E-state index contributed by atoms with van der Waals surface area (Å²) < 4.78 is 0.562. The molecule has 0 bridgehead atoms. The minimum Gasteiger partial charge on any atom is -0.617 e. The molecule has 0 saturated heterocycles. The maximum Gasteiger partial charge on any atom is 0.308 e. The van der Waals surface area contributed by atoms with E-state index >= 15 is 0 Å². The Bertz CT molecular complexity index is 275. The van der Waals surface area contributed by atoms with Gasteiger partial charge in [0.1, 0.15) is 5.69 Å². The highest BCUT2D eigenvalue weighted by Crippen LogP contribution is 2.13. The standard InChI is InChI=1S/C6H6Cl2N2O/c1-3-6(8)10(11)4(2)5(7)9-3/h1-2H3. The van der Waals surface area contributed by atoms with E-state index in [4.69, 9.17) is 23.2 Å². The van der Waals surface area contributed by atoms with Crippen LogP contribution in [0.1, 0.15) is 11.4 Å². The van der Waals surface area contributed by atoms with Crippen LogP contribution in [0.2, 0.25) is 10.3 Å². The van der Waals surface area contributed by atoms with Crippen molar-refractivity contribution in [2.75, 3.05) is 0 Å². The quantitative estimate of drug-likeness (QED) is 0.464. The van der Waals surface area contributed by atoms with Crippen LogP contribution in [-0.2, 0) is 0 Å². The van der Waals surface area contributed by atoms with E-state index in [2.05, 4.69) is 4.98 Å². The SMILES string of the molecule is Cc1nc(Cl)c(C)[n+]([O-])c1Cl. The lowest BCUT2D eigenvalue weighted by atomic mass is 10.4. The van der Waals surface area contributed by atoms with Gasteiger partial charge in [-0.25, -0.2) is 4.98 Å². The van der Waals surface area contributed by atoms with Gasteiger partial charge in [0.2, 0.25) is 5.69 Å². The Morgan fingerprint density at radius 3 is 2.45 bits per heavy atom. The molecule has 0 aliphatic carbocycles. The molecule has 0 unspecified atom stereocenters. The molecule has 0 aliphatic rings. The molecule has 0 spiro atoms. The molecule has 1 aromatic heterocycles. The first-order chi connectivity index (χ1) is 5.04. The maximum atomic E-state index is 11.1. The average molecular weight is 193 g/mol. The van der Waals surface area contributed by atoms with Crippen molar-refractivity contribution in [2.45, 2.75) is 13.8 Å². The second-order valence-corrected chi connectivity index (χ2v) is 2.87. The van der Waals surface area contributed by atoms with E-state index < -0.39 is 0 Å². The summed E-state index contributed by atoms with van der Waals surface area (Å²) in [5.41, 5.74) is 0.763. The van der Waals surface area contributed by atoms with Crippen LogP contribution in [0, 0.1) is 19.1 Å². The summed E-state index contributed by atoms with van der Waals surface area (Å²) in [6, 6.07) is 0. The van der Waals surface area contributed by atoms with Crippen LogP contribution >= 0.6 is 23.2 Å². The number of aromatic nitrogens is 2. The zero-order valence-electron chi connectivity index (χ0n) is 6.06. The minimum absolute atomic E-state index is 0.0758. The molecule has 0 aliphatic heterocycles. The molecule has 0 radical (unpaired) electrons. The summed E-state index contributed by atoms with van der Waals surface area (Å²) >= 11 is 11.2. The molecule has 0 saturated carbocycles. The fraction of sp³-hybridized carbons (Fsp3) is 0.333. The third-order valence-electron chi connectivity index (χ3n) is 1.35. The van der Waals surface area contributed by atoms with Gasteiger partial charge < -0.3 is 5.21 Å². The first-order valence-corrected chi connectivity index (χ1v) is 3.71. The maximum absolute atomic E-state index is 11.1. The predicted octanol–water partition coefficient (Wildman–Crippen LogP) is 1.64. The third kappa shape index (κ3) is 1.39. The van der Waals surface area contributed by atoms with E-state index in [1.165, 1.54) is 0 Å². The molecule has 0 amide bonds. The highest BCUT2D eigenvalue weighted by Gasteiger charge is 2.14. The Hall–Kier alpha value is -0.540. The monoisotopic (exact) mass is 192 g/mol. The van der Waals surface area contributed by atoms with Crippen molar-refractivity contribution in [2.24, 2.45) is 0 Å². The first kappa shape index (κ1) is 8.56. The smallest absolute Gasteiger partial charge is 0.308 e. The van der Waals surface area contributed by atoms with Crippen molar-refractivity contribution in [3.05, 3.63) is 26.9 Å². The molecule has 0 N–H and O–H groups in total. The van der Waals surface area contributed by atoms with Crippen LogP contribution in [0.5, 0.6) is 0 Å². The lowest BCUT2D eigenvalue weighted by molar-refractivity contribution is -0.610. The molecule has 5 heteroatoms. The molecule has 0 aromatic carbocycles. The van der Waals surface area contributed by atoms with Gasteiger partial charge in [-0.1, -0.05) is 11.6 Å². The fourth-order valence-corrected chi connectivity index (χ4v) is 1.02. The van der Waals surface area contributed by atoms with Crippen molar-refractivity contribution < 1.29 is 4.73 Å². The first-order valence-electron chi connectivity index (χ1n) is 2.95. The van der Waals surface area contributed by atoms with Crippen LogP contribution < -0.4 is 4.73 Å². The Morgan fingerprint density at radius 2 is 1.91 bits per heavy atom. The van der Waals surface area contributed by atoms with E-state index in [9.17, 15) is 5.21 Å². The normalized spacial score (nSPS) is 10.2. The Balaban J connectivity index is 3.46. The molecular weight excluding hydrogens is 187 g/mol. The molecule has 1 aromatic rings. The van der Waals surface area contributed by atoms with Gasteiger partial charge in [-0.2, -0.15) is 4.73 Å². The molecule has 60 valence electrons. The number of hydrogen-bond donors (Lipinski definition) is 0. The third-order valence-corrected chi connectivity index (χ3v) is 2.13. The average Bonchev–Trinajstić information content (AvgIpc) is 1.97. The Labute approximate surface area is 74.2 Å². The topological polar surface area (TPSA) is 39.8 Å². The van der Waals surface area contributed by atoms with Gasteiger partial charge in [-0.15, -0.1) is 0 Å². The van der Waals surface area contributed by atoms with E-state index in [0.717, 1.165) is 0 Å². The van der Waals surface area contributed by atoms with E-state index in [0.29, 0.717) is 16.1 Å². The van der Waals surface area contributed by atoms with Crippen LogP contribution in [-0.4, -0.2) is 4.98 Å². The molecule has 3 nitrogen and oxygen atoms in total. The van der Waals surface area contributed by atoms with Gasteiger partial charge in [-0.05, 0) is 18.5 Å². The summed E-state index contributed by atoms with van der Waals surface area (Å²) in [6.45, 7) is 3.19. The van der Waals surface area contributed by atoms with Gasteiger partial charge in [0.05, 0.1) is 0 Å². The lowest BCUT2D eigenvalue weighted by Crippen LogP contribution is -2.33. The van der Waals surface area contributed by atoms with Crippen molar-refractivity contribution in [3.8, 4) is 0 Å². The second-order valence-electron chi connectivity index (χ2n) is 2.16. The Kier molecular flexibility index (Phi) is 2.20. The van der Waals surface area contributed by atoms with Gasteiger partial charge in [0, 0.05) is 6.92 Å². The number of aryl methyl sites for hydroxylation is 1. The molecule has 0 atom stereocenters. The number of nitrogens with zero attached hydrogens (tertiary/aromatic N) is 2. The van der Waals surface area contributed by atoms with Crippen molar-refractivity contribution in [1.29, 1.82) is 0 Å². The summed E-state index contributed by atoms with van der Waals surface area (Å²) in [5.74, 6) is 0. The second kappa shape index (κ2) is 2.83. The Morgan fingerprint density at radius 1 is 1.36 bits per heavy atom. The van der Waals surface area contributed by atoms with E-state index in [1.54, 1.807) is 13.8 Å². The van der Waals surface area contributed by atoms with Gasteiger partial charge in [0.25, 0.3) is 0 Å². The zero-order valence-corrected chi connectivity index (χ0v) is 7.57. The van der Waals surface area contributed by atoms with Gasteiger partial charge >= 0.3 is 5.15 Å². The molecule has 1 heterocycles. The fourth-order valence-electron chi connectivity index (χ4n) is 0.652. The summed E-state index contributed by atoms with van der Waals surface area (Å²) in [6.07, 6.45) is 0.